The predicted molar refractivity (Wildman–Crippen MR) is 80.9 cm³/mol. The minimum Gasteiger partial charge on any atom is -0.508 e. The lowest BCUT2D eigenvalue weighted by atomic mass is 10.1. The summed E-state index contributed by atoms with van der Waals surface area (Å²) in [5.74, 6) is 0.283. The van der Waals surface area contributed by atoms with Gasteiger partial charge in [0.05, 0.1) is 0 Å². The summed E-state index contributed by atoms with van der Waals surface area (Å²) in [7, 11) is 0. The predicted octanol–water partition coefficient (Wildman–Crippen LogP) is 3.44. The van der Waals surface area contributed by atoms with E-state index in [9.17, 15) is 10.3 Å². The maximum absolute atomic E-state index is 10.6. The number of nitrogens with zero attached hydrogens (tertiary/aromatic N) is 1. The number of aromatic amines is 1. The maximum atomic E-state index is 10.6. The van der Waals surface area contributed by atoms with Crippen molar-refractivity contribution in [2.24, 2.45) is 0 Å². The minimum absolute atomic E-state index is 0.137. The summed E-state index contributed by atoms with van der Waals surface area (Å²) in [6, 6.07) is 5.35. The first-order valence-electron chi connectivity index (χ1n) is 7.46. The van der Waals surface area contributed by atoms with Crippen molar-refractivity contribution in [3.63, 3.8) is 0 Å². The van der Waals surface area contributed by atoms with Gasteiger partial charge in [0.15, 0.2) is 0 Å². The molecule has 0 aliphatic rings. The lowest BCUT2D eigenvalue weighted by Crippen LogP contribution is -2.47. The molecule has 1 aromatic heterocycles. The van der Waals surface area contributed by atoms with Crippen LogP contribution in [0.4, 0.5) is 0 Å². The lowest BCUT2D eigenvalue weighted by Gasteiger charge is -2.29. The van der Waals surface area contributed by atoms with Crippen LogP contribution in [-0.2, 0) is 6.42 Å². The fourth-order valence-electron chi connectivity index (χ4n) is 2.87. The van der Waals surface area contributed by atoms with Crippen LogP contribution in [0.1, 0.15) is 32.3 Å². The quantitative estimate of drug-likeness (QED) is 0.536. The normalized spacial score (nSPS) is 12.2. The SMILES string of the molecule is CCC[N+](O)(CCC)CCc1c[nH]c2ccc(O)cc12. The zero-order valence-electron chi connectivity index (χ0n) is 12.4. The van der Waals surface area contributed by atoms with Gasteiger partial charge in [-0.3, -0.25) is 0 Å². The Labute approximate surface area is 120 Å². The van der Waals surface area contributed by atoms with Crippen molar-refractivity contribution >= 4 is 10.9 Å². The van der Waals surface area contributed by atoms with Crippen LogP contribution in [0.5, 0.6) is 5.75 Å². The Hall–Kier alpha value is -1.52. The van der Waals surface area contributed by atoms with Crippen LogP contribution in [0.3, 0.4) is 0 Å². The summed E-state index contributed by atoms with van der Waals surface area (Å²) in [4.78, 5) is 3.22. The number of aromatic nitrogens is 1. The molecule has 0 unspecified atom stereocenters. The fourth-order valence-corrected chi connectivity index (χ4v) is 2.87. The number of fused-ring (bicyclic) bond motifs is 1. The van der Waals surface area contributed by atoms with Crippen molar-refractivity contribution in [2.75, 3.05) is 19.6 Å². The number of rotatable bonds is 7. The van der Waals surface area contributed by atoms with E-state index >= 15 is 0 Å². The van der Waals surface area contributed by atoms with Gasteiger partial charge in [-0.15, -0.1) is 0 Å². The minimum atomic E-state index is 0.137. The third-order valence-electron chi connectivity index (χ3n) is 3.83. The summed E-state index contributed by atoms with van der Waals surface area (Å²) >= 11 is 0. The van der Waals surface area contributed by atoms with E-state index in [4.69, 9.17) is 0 Å². The summed E-state index contributed by atoms with van der Waals surface area (Å²) < 4.78 is 0.137. The van der Waals surface area contributed by atoms with Crippen LogP contribution in [0.15, 0.2) is 24.4 Å². The van der Waals surface area contributed by atoms with E-state index in [1.54, 1.807) is 12.1 Å². The first kappa shape index (κ1) is 14.9. The third-order valence-corrected chi connectivity index (χ3v) is 3.83. The van der Waals surface area contributed by atoms with E-state index in [1.165, 1.54) is 0 Å². The first-order valence-corrected chi connectivity index (χ1v) is 7.46. The molecule has 0 saturated carbocycles. The van der Waals surface area contributed by atoms with Crippen molar-refractivity contribution in [1.82, 2.24) is 4.98 Å². The molecule has 0 saturated heterocycles. The highest BCUT2D eigenvalue weighted by atomic mass is 16.5. The first-order chi connectivity index (χ1) is 9.58. The van der Waals surface area contributed by atoms with Gasteiger partial charge in [-0.05, 0) is 36.6 Å². The van der Waals surface area contributed by atoms with Gasteiger partial charge in [0.2, 0.25) is 0 Å². The zero-order chi connectivity index (χ0) is 14.6. The molecule has 0 atom stereocenters. The molecule has 110 valence electrons. The fraction of sp³-hybridized carbons (Fsp3) is 0.500. The molecular formula is C16H25N2O2+. The van der Waals surface area contributed by atoms with Gasteiger partial charge in [-0.1, -0.05) is 13.8 Å². The molecule has 3 N–H and O–H groups in total. The highest BCUT2D eigenvalue weighted by molar-refractivity contribution is 5.84. The van der Waals surface area contributed by atoms with E-state index in [0.29, 0.717) is 6.54 Å². The standard InChI is InChI=1S/C16H24N2O2/c1-3-8-18(20,9-4-2)10-7-13-12-17-16-6-5-14(19)11-15(13)16/h5-6,11-12,17,20H,3-4,7-10H2,1-2H3/p+1. The Morgan fingerprint density at radius 2 is 1.80 bits per heavy atom. The number of phenolic OH excluding ortho intramolecular Hbond substituents is 1. The number of nitrogens with one attached hydrogen (secondary N) is 1. The number of phenols is 1. The molecule has 0 amide bonds. The molecule has 1 heterocycles. The number of quaternary nitrogens is 1. The lowest BCUT2D eigenvalue weighted by molar-refractivity contribution is -1.10. The highest BCUT2D eigenvalue weighted by Gasteiger charge is 2.23. The van der Waals surface area contributed by atoms with Gasteiger partial charge in [-0.25, -0.2) is 5.21 Å². The number of aromatic hydroxyl groups is 1. The smallest absolute Gasteiger partial charge is 0.116 e. The molecule has 4 nitrogen and oxygen atoms in total. The van der Waals surface area contributed by atoms with Gasteiger partial charge < -0.3 is 10.1 Å². The molecular weight excluding hydrogens is 252 g/mol. The van der Waals surface area contributed by atoms with Crippen molar-refractivity contribution < 1.29 is 15.0 Å². The molecule has 0 spiro atoms. The van der Waals surface area contributed by atoms with Gasteiger partial charge in [0.1, 0.15) is 25.4 Å². The summed E-state index contributed by atoms with van der Waals surface area (Å²) in [5, 5.41) is 21.3. The molecule has 4 heteroatoms. The number of hydroxylamine groups is 3. The zero-order valence-corrected chi connectivity index (χ0v) is 12.4. The Bertz CT molecular complexity index is 557. The number of benzene rings is 1. The number of H-pyrrole nitrogens is 1. The van der Waals surface area contributed by atoms with Gasteiger partial charge >= 0.3 is 0 Å². The van der Waals surface area contributed by atoms with Crippen LogP contribution in [0, 0.1) is 0 Å². The Morgan fingerprint density at radius 1 is 1.10 bits per heavy atom. The van der Waals surface area contributed by atoms with E-state index < -0.39 is 0 Å². The molecule has 2 rings (SSSR count). The van der Waals surface area contributed by atoms with Crippen LogP contribution >= 0.6 is 0 Å². The molecule has 0 aliphatic heterocycles. The van der Waals surface area contributed by atoms with Gasteiger partial charge in [-0.2, -0.15) is 4.65 Å². The van der Waals surface area contributed by atoms with E-state index in [1.807, 2.05) is 12.3 Å². The average Bonchev–Trinajstić information content (AvgIpc) is 2.79. The second-order valence-electron chi connectivity index (χ2n) is 5.56. The molecule has 2 aromatic rings. The average molecular weight is 277 g/mol. The van der Waals surface area contributed by atoms with Gasteiger partial charge in [0, 0.05) is 23.5 Å². The van der Waals surface area contributed by atoms with Crippen molar-refractivity contribution in [3.8, 4) is 5.75 Å². The highest BCUT2D eigenvalue weighted by Crippen LogP contribution is 2.24. The largest absolute Gasteiger partial charge is 0.508 e. The Morgan fingerprint density at radius 3 is 2.45 bits per heavy atom. The molecule has 20 heavy (non-hydrogen) atoms. The maximum Gasteiger partial charge on any atom is 0.116 e. The van der Waals surface area contributed by atoms with Crippen LogP contribution in [-0.4, -0.2) is 39.6 Å². The van der Waals surface area contributed by atoms with E-state index in [-0.39, 0.29) is 10.4 Å². The Balaban J connectivity index is 2.13. The Kier molecular flexibility index (Phi) is 4.68. The summed E-state index contributed by atoms with van der Waals surface area (Å²) in [6.45, 7) is 6.50. The van der Waals surface area contributed by atoms with Crippen LogP contribution in [0.2, 0.25) is 0 Å². The second kappa shape index (κ2) is 6.29. The topological polar surface area (TPSA) is 56.2 Å². The molecule has 0 radical (unpaired) electrons. The van der Waals surface area contributed by atoms with Crippen LogP contribution < -0.4 is 0 Å². The molecule has 0 bridgehead atoms. The summed E-state index contributed by atoms with van der Waals surface area (Å²) in [6.07, 6.45) is 4.74. The van der Waals surface area contributed by atoms with Crippen molar-refractivity contribution in [3.05, 3.63) is 30.0 Å². The van der Waals surface area contributed by atoms with Crippen molar-refractivity contribution in [1.29, 1.82) is 0 Å². The molecule has 0 aliphatic carbocycles. The summed E-state index contributed by atoms with van der Waals surface area (Å²) in [5.41, 5.74) is 2.18. The monoisotopic (exact) mass is 277 g/mol. The van der Waals surface area contributed by atoms with Gasteiger partial charge in [0.25, 0.3) is 0 Å². The second-order valence-corrected chi connectivity index (χ2v) is 5.56. The van der Waals surface area contributed by atoms with Crippen molar-refractivity contribution in [2.45, 2.75) is 33.1 Å². The number of hydrogen-bond donors (Lipinski definition) is 3. The van der Waals surface area contributed by atoms with Crippen LogP contribution in [0.25, 0.3) is 10.9 Å². The third kappa shape index (κ3) is 3.32. The molecule has 0 fully saturated rings. The van der Waals surface area contributed by atoms with E-state index in [2.05, 4.69) is 18.8 Å². The number of hydrogen-bond acceptors (Lipinski definition) is 2. The van der Waals surface area contributed by atoms with E-state index in [0.717, 1.165) is 48.8 Å². The molecule has 1 aromatic carbocycles.